The molecule has 1 fully saturated rings. The topological polar surface area (TPSA) is 80.2 Å². The number of pyridine rings is 1. The Morgan fingerprint density at radius 1 is 1.38 bits per heavy atom. The van der Waals surface area contributed by atoms with Crippen molar-refractivity contribution in [3.8, 4) is 5.75 Å². The first-order valence-electron chi connectivity index (χ1n) is 8.60. The first-order valence-corrected chi connectivity index (χ1v) is 9.82. The molecule has 1 N–H and O–H groups in total. The van der Waals surface area contributed by atoms with Crippen molar-refractivity contribution < 1.29 is 9.53 Å². The lowest BCUT2D eigenvalue weighted by Gasteiger charge is -2.33. The van der Waals surface area contributed by atoms with E-state index in [1.807, 2.05) is 12.3 Å². The summed E-state index contributed by atoms with van der Waals surface area (Å²) in [7, 11) is 1.57. The van der Waals surface area contributed by atoms with Crippen LogP contribution >= 0.6 is 11.8 Å². The van der Waals surface area contributed by atoms with Crippen LogP contribution in [-0.2, 0) is 0 Å². The number of rotatable bonds is 6. The van der Waals surface area contributed by atoms with E-state index in [9.17, 15) is 4.79 Å². The number of hydrogen-bond donors (Lipinski definition) is 1. The Hall–Kier alpha value is -2.35. The Morgan fingerprint density at radius 3 is 3.04 bits per heavy atom. The van der Waals surface area contributed by atoms with Crippen molar-refractivity contribution in [2.45, 2.75) is 18.0 Å². The molecule has 26 heavy (non-hydrogen) atoms. The van der Waals surface area contributed by atoms with Gasteiger partial charge >= 0.3 is 0 Å². The summed E-state index contributed by atoms with van der Waals surface area (Å²) in [6.45, 7) is 2.47. The van der Waals surface area contributed by atoms with Gasteiger partial charge in [0.2, 0.25) is 0 Å². The molecule has 1 atom stereocenters. The van der Waals surface area contributed by atoms with Crippen molar-refractivity contribution in [3.05, 3.63) is 36.3 Å². The zero-order valence-corrected chi connectivity index (χ0v) is 15.8. The van der Waals surface area contributed by atoms with Gasteiger partial charge in [-0.15, -0.1) is 0 Å². The summed E-state index contributed by atoms with van der Waals surface area (Å²) in [5.74, 6) is 1.79. The van der Waals surface area contributed by atoms with E-state index in [1.54, 1.807) is 31.6 Å². The summed E-state index contributed by atoms with van der Waals surface area (Å²) in [5.41, 5.74) is 0.373. The minimum Gasteiger partial charge on any atom is -0.497 e. The van der Waals surface area contributed by atoms with Crippen LogP contribution in [0, 0.1) is 5.92 Å². The van der Waals surface area contributed by atoms with Gasteiger partial charge in [0, 0.05) is 38.1 Å². The van der Waals surface area contributed by atoms with Gasteiger partial charge in [-0.25, -0.2) is 9.97 Å². The highest BCUT2D eigenvalue weighted by molar-refractivity contribution is 7.98. The number of nitrogens with one attached hydrogen (secondary N) is 1. The van der Waals surface area contributed by atoms with Crippen molar-refractivity contribution in [1.82, 2.24) is 20.3 Å². The maximum Gasteiger partial charge on any atom is 0.270 e. The maximum atomic E-state index is 12.3. The van der Waals surface area contributed by atoms with E-state index < -0.39 is 0 Å². The van der Waals surface area contributed by atoms with Crippen LogP contribution < -0.4 is 15.0 Å². The summed E-state index contributed by atoms with van der Waals surface area (Å²) < 4.78 is 5.14. The summed E-state index contributed by atoms with van der Waals surface area (Å²) >= 11 is 1.54. The molecule has 0 radical (unpaired) electrons. The Balaban J connectivity index is 1.57. The second kappa shape index (κ2) is 8.84. The molecule has 0 bridgehead atoms. The van der Waals surface area contributed by atoms with E-state index in [4.69, 9.17) is 4.74 Å². The number of carbonyl (C=O) groups excluding carboxylic acids is 1. The second-order valence-corrected chi connectivity index (χ2v) is 6.92. The predicted molar refractivity (Wildman–Crippen MR) is 102 cm³/mol. The first-order chi connectivity index (χ1) is 12.7. The summed E-state index contributed by atoms with van der Waals surface area (Å²) in [4.78, 5) is 27.5. The molecule has 3 heterocycles. The number of thioether (sulfide) groups is 1. The van der Waals surface area contributed by atoms with Crippen LogP contribution in [0.15, 0.2) is 35.7 Å². The van der Waals surface area contributed by atoms with Gasteiger partial charge in [-0.3, -0.25) is 9.78 Å². The lowest BCUT2D eigenvalue weighted by atomic mass is 9.98. The Kier molecular flexibility index (Phi) is 6.27. The van der Waals surface area contributed by atoms with Gasteiger partial charge < -0.3 is 15.0 Å². The standard InChI is InChI=1S/C18H23N5O2S/c1-25-14-5-7-19-15(10-14)17(24)21-11-13-4-3-9-23(12-13)16-6-8-20-18(22-16)26-2/h5-8,10,13H,3-4,9,11-12H2,1-2H3,(H,21,24). The lowest BCUT2D eigenvalue weighted by molar-refractivity contribution is 0.0940. The van der Waals surface area contributed by atoms with E-state index in [-0.39, 0.29) is 5.91 Å². The first kappa shape index (κ1) is 18.4. The fraction of sp³-hybridized carbons (Fsp3) is 0.444. The minimum absolute atomic E-state index is 0.173. The van der Waals surface area contributed by atoms with Crippen LogP contribution in [-0.4, -0.2) is 53.9 Å². The molecule has 2 aromatic heterocycles. The van der Waals surface area contributed by atoms with E-state index >= 15 is 0 Å². The third-order valence-corrected chi connectivity index (χ3v) is 4.96. The fourth-order valence-electron chi connectivity index (χ4n) is 3.04. The highest BCUT2D eigenvalue weighted by Crippen LogP contribution is 2.22. The molecule has 7 nitrogen and oxygen atoms in total. The van der Waals surface area contributed by atoms with E-state index in [1.165, 1.54) is 11.8 Å². The minimum atomic E-state index is -0.173. The van der Waals surface area contributed by atoms with Gasteiger partial charge in [0.1, 0.15) is 17.3 Å². The molecule has 0 spiro atoms. The molecule has 1 aliphatic rings. The van der Waals surface area contributed by atoms with E-state index in [0.717, 1.165) is 36.9 Å². The van der Waals surface area contributed by atoms with Crippen LogP contribution in [0.5, 0.6) is 5.75 Å². The van der Waals surface area contributed by atoms with Crippen molar-refractivity contribution in [2.75, 3.05) is 37.9 Å². The molecule has 8 heteroatoms. The second-order valence-electron chi connectivity index (χ2n) is 6.15. The maximum absolute atomic E-state index is 12.3. The van der Waals surface area contributed by atoms with Gasteiger partial charge in [-0.05, 0) is 37.1 Å². The number of piperidine rings is 1. The third kappa shape index (κ3) is 4.63. The van der Waals surface area contributed by atoms with Crippen molar-refractivity contribution in [2.24, 2.45) is 5.92 Å². The van der Waals surface area contributed by atoms with Gasteiger partial charge in [0.15, 0.2) is 5.16 Å². The third-order valence-electron chi connectivity index (χ3n) is 4.40. The molecule has 1 saturated heterocycles. The van der Waals surface area contributed by atoms with Gasteiger partial charge in [0.25, 0.3) is 5.91 Å². The number of hydrogen-bond acceptors (Lipinski definition) is 7. The molecule has 0 saturated carbocycles. The molecule has 1 aliphatic heterocycles. The zero-order valence-electron chi connectivity index (χ0n) is 15.0. The zero-order chi connectivity index (χ0) is 18.4. The average molecular weight is 373 g/mol. The fourth-order valence-corrected chi connectivity index (χ4v) is 3.39. The monoisotopic (exact) mass is 373 g/mol. The molecular weight excluding hydrogens is 350 g/mol. The van der Waals surface area contributed by atoms with Gasteiger partial charge in [-0.2, -0.15) is 0 Å². The summed E-state index contributed by atoms with van der Waals surface area (Å²) in [6, 6.07) is 5.31. The molecule has 0 aromatic carbocycles. The lowest BCUT2D eigenvalue weighted by Crippen LogP contribution is -2.41. The van der Waals surface area contributed by atoms with Gasteiger partial charge in [-0.1, -0.05) is 11.8 Å². The van der Waals surface area contributed by atoms with E-state index in [2.05, 4.69) is 25.2 Å². The number of methoxy groups -OCH3 is 1. The predicted octanol–water partition coefficient (Wildman–Crippen LogP) is 2.25. The molecular formula is C18H23N5O2S. The number of anilines is 1. The van der Waals surface area contributed by atoms with Crippen molar-refractivity contribution in [1.29, 1.82) is 0 Å². The number of amides is 1. The van der Waals surface area contributed by atoms with Gasteiger partial charge in [0.05, 0.1) is 7.11 Å². The van der Waals surface area contributed by atoms with Crippen molar-refractivity contribution in [3.63, 3.8) is 0 Å². The van der Waals surface area contributed by atoms with Crippen molar-refractivity contribution >= 4 is 23.5 Å². The Labute approximate surface area is 157 Å². The number of aromatic nitrogens is 3. The molecule has 3 rings (SSSR count). The van der Waals surface area contributed by atoms with Crippen LogP contribution in [0.4, 0.5) is 5.82 Å². The summed E-state index contributed by atoms with van der Waals surface area (Å²) in [6.07, 6.45) is 7.52. The molecule has 1 amide bonds. The van der Waals surface area contributed by atoms with Crippen LogP contribution in [0.25, 0.3) is 0 Å². The largest absolute Gasteiger partial charge is 0.497 e. The number of ether oxygens (including phenoxy) is 1. The smallest absolute Gasteiger partial charge is 0.270 e. The van der Waals surface area contributed by atoms with E-state index in [0.29, 0.717) is 23.9 Å². The number of carbonyl (C=O) groups is 1. The van der Waals surface area contributed by atoms with Crippen LogP contribution in [0.3, 0.4) is 0 Å². The summed E-state index contributed by atoms with van der Waals surface area (Å²) in [5, 5.41) is 3.77. The molecule has 0 aliphatic carbocycles. The quantitative estimate of drug-likeness (QED) is 0.614. The molecule has 2 aromatic rings. The molecule has 138 valence electrons. The molecule has 1 unspecified atom stereocenters. The van der Waals surface area contributed by atoms with Crippen LogP contribution in [0.1, 0.15) is 23.3 Å². The van der Waals surface area contributed by atoms with Crippen LogP contribution in [0.2, 0.25) is 0 Å². The SMILES string of the molecule is COc1ccnc(C(=O)NCC2CCCN(c3ccnc(SC)n3)C2)c1. The highest BCUT2D eigenvalue weighted by atomic mass is 32.2. The Bertz CT molecular complexity index is 758. The number of nitrogens with zero attached hydrogens (tertiary/aromatic N) is 4. The average Bonchev–Trinajstić information content (AvgIpc) is 2.72. The normalized spacial score (nSPS) is 17.0. The highest BCUT2D eigenvalue weighted by Gasteiger charge is 2.22. The Morgan fingerprint density at radius 2 is 2.23 bits per heavy atom.